The summed E-state index contributed by atoms with van der Waals surface area (Å²) in [6.45, 7) is 13.2. The van der Waals surface area contributed by atoms with Gasteiger partial charge in [-0.05, 0) is 88.9 Å². The van der Waals surface area contributed by atoms with Gasteiger partial charge in [-0.1, -0.05) is 68.4 Å². The van der Waals surface area contributed by atoms with Gasteiger partial charge in [0, 0.05) is 43.4 Å². The number of ketones is 1. The van der Waals surface area contributed by atoms with Crippen LogP contribution >= 0.6 is 0 Å². The molecule has 0 saturated carbocycles. The lowest BCUT2D eigenvalue weighted by Gasteiger charge is -2.42. The Kier molecular flexibility index (Phi) is 13.3. The van der Waals surface area contributed by atoms with Crippen LogP contribution in [-0.2, 0) is 36.8 Å². The van der Waals surface area contributed by atoms with Crippen LogP contribution in [0.5, 0.6) is 0 Å². The largest absolute Gasteiger partial charge is 0.458 e. The average Bonchev–Trinajstić information content (AvgIpc) is 3.74. The molecule has 1 aromatic heterocycles. The Morgan fingerprint density at radius 3 is 2.44 bits per heavy atom. The van der Waals surface area contributed by atoms with Crippen molar-refractivity contribution in [1.82, 2.24) is 25.2 Å². The second kappa shape index (κ2) is 17.5. The van der Waals surface area contributed by atoms with E-state index < -0.39 is 47.2 Å². The van der Waals surface area contributed by atoms with Gasteiger partial charge >= 0.3 is 12.1 Å². The van der Waals surface area contributed by atoms with Crippen molar-refractivity contribution in [2.75, 3.05) is 25.9 Å². The third-order valence-electron chi connectivity index (χ3n) is 12.1. The number of carbonyl (C=O) groups is 3. The minimum Gasteiger partial charge on any atom is -0.458 e. The first-order valence-corrected chi connectivity index (χ1v) is 19.5. The molecule has 3 heterocycles. The summed E-state index contributed by atoms with van der Waals surface area (Å²) < 4.78 is 20.5. The van der Waals surface area contributed by atoms with Crippen LogP contribution in [0.1, 0.15) is 72.8 Å². The molecule has 2 aliphatic heterocycles. The molecule has 2 saturated heterocycles. The highest BCUT2D eigenvalue weighted by Crippen LogP contribution is 2.41. The predicted molar refractivity (Wildman–Crippen MR) is 211 cm³/mol. The highest BCUT2D eigenvalue weighted by atomic mass is 16.6. The number of rotatable bonds is 10. The van der Waals surface area contributed by atoms with Crippen LogP contribution in [0.15, 0.2) is 60.8 Å². The highest BCUT2D eigenvalue weighted by Gasteiger charge is 2.59. The number of esters is 1. The number of Topliss-reactive ketones (excluding diaryl/α,β-unsaturated/α-hetero) is 1. The molecule has 0 unspecified atom stereocenters. The van der Waals surface area contributed by atoms with Crippen molar-refractivity contribution in [3.8, 4) is 11.3 Å². The van der Waals surface area contributed by atoms with Crippen molar-refractivity contribution in [3.63, 3.8) is 0 Å². The maximum atomic E-state index is 14.0. The molecular formula is C41H59BN6O6. The van der Waals surface area contributed by atoms with Crippen LogP contribution in [0.2, 0.25) is 5.82 Å². The molecule has 0 spiro atoms. The number of hydrogen-bond acceptors (Lipinski definition) is 10. The van der Waals surface area contributed by atoms with E-state index >= 15 is 0 Å². The van der Waals surface area contributed by atoms with Gasteiger partial charge in [0.2, 0.25) is 0 Å². The molecule has 0 aliphatic carbocycles. The van der Waals surface area contributed by atoms with Crippen molar-refractivity contribution >= 4 is 31.4 Å². The smallest absolute Gasteiger partial charge is 0.410 e. The number of unbranched alkanes of at least 4 members (excludes halogenated alkanes) is 1. The van der Waals surface area contributed by atoms with Crippen LogP contribution < -0.4 is 11.1 Å². The molecule has 3 N–H and O–H groups in total. The quantitative estimate of drug-likeness (QED) is 0.0943. The second-order valence-corrected chi connectivity index (χ2v) is 16.0. The van der Waals surface area contributed by atoms with Gasteiger partial charge in [0.15, 0.2) is 5.60 Å². The Balaban J connectivity index is 1.45. The lowest BCUT2D eigenvalue weighted by molar-refractivity contribution is -0.170. The zero-order valence-electron chi connectivity index (χ0n) is 33.3. The van der Waals surface area contributed by atoms with Gasteiger partial charge in [-0.3, -0.25) is 19.2 Å². The number of nitrogen functional groups attached to an aromatic ring is 1. The van der Waals surface area contributed by atoms with E-state index in [9.17, 15) is 14.4 Å². The zero-order valence-corrected chi connectivity index (χ0v) is 33.3. The van der Waals surface area contributed by atoms with Gasteiger partial charge in [-0.2, -0.15) is 0 Å². The van der Waals surface area contributed by atoms with Gasteiger partial charge in [0.1, 0.15) is 31.3 Å². The summed E-state index contributed by atoms with van der Waals surface area (Å²) in [4.78, 5) is 43.5. The number of cyclic esters (lactones) is 1. The number of hydrogen-bond donors (Lipinski definition) is 2. The summed E-state index contributed by atoms with van der Waals surface area (Å²) in [5.74, 6) is -2.25. The van der Waals surface area contributed by atoms with E-state index in [0.29, 0.717) is 51.0 Å². The summed E-state index contributed by atoms with van der Waals surface area (Å²) >= 11 is 0. The molecule has 9 atom stereocenters. The first kappa shape index (κ1) is 40.9. The first-order valence-electron chi connectivity index (χ1n) is 19.5. The Labute approximate surface area is 321 Å². The van der Waals surface area contributed by atoms with Crippen LogP contribution in [0.25, 0.3) is 11.3 Å². The van der Waals surface area contributed by atoms with E-state index in [1.54, 1.807) is 18.7 Å². The standard InChI is InChI=1S/C41H59BN6O6/c1-8-34-41(6)37(48(39(51)54-41)20-13-12-19-47-25-33(45-46-47)30-17-14-18-31(43)22-30)32(21-29-15-10-9-11-16-29)44-24-26(2)23-40(5,52-7)36(42)27(3)35(49)28(4)38(50)53-34/h9-11,14-18,22,25-28,32,34,36-37,44H,8,12-13,19-21,23-24,42-43H2,1-7H3/t26-,27+,28-,32-,34-,36-,37-,40-,41-/m1/s1. The first-order chi connectivity index (χ1) is 25.7. The second-order valence-electron chi connectivity index (χ2n) is 16.0. The SMILES string of the molecule is B[C@@H]1[C@@H](C)C(=O)[C@@H](C)C(=O)O[C@H](CC)[C@@]2(C)OC(=O)N(CCCCn3cc(-c4cccc(N)c4)nn3)[C@@H]2[C@@H](Cc2ccccc2)NC[C@H](C)C[C@@]1(C)OC. The summed E-state index contributed by atoms with van der Waals surface area (Å²) in [6, 6.07) is 17.0. The topological polar surface area (TPSA) is 151 Å². The lowest BCUT2D eigenvalue weighted by Crippen LogP contribution is -2.62. The minimum absolute atomic E-state index is 0.151. The van der Waals surface area contributed by atoms with Crippen molar-refractivity contribution in [3.05, 3.63) is 66.4 Å². The number of anilines is 1. The number of aryl methyl sites for hydroxylation is 1. The van der Waals surface area contributed by atoms with Crippen LogP contribution in [0, 0.1) is 17.8 Å². The van der Waals surface area contributed by atoms with Crippen LogP contribution in [0.4, 0.5) is 10.5 Å². The number of ether oxygens (including phenoxy) is 3. The number of methoxy groups -OCH3 is 1. The van der Waals surface area contributed by atoms with Crippen molar-refractivity contribution in [2.24, 2.45) is 17.8 Å². The molecule has 5 rings (SSSR count). The predicted octanol–water partition coefficient (Wildman–Crippen LogP) is 5.12. The summed E-state index contributed by atoms with van der Waals surface area (Å²) in [5, 5.41) is 12.5. The van der Waals surface area contributed by atoms with E-state index in [2.05, 4.69) is 34.7 Å². The van der Waals surface area contributed by atoms with E-state index in [1.165, 1.54) is 0 Å². The summed E-state index contributed by atoms with van der Waals surface area (Å²) in [5.41, 5.74) is 7.56. The normalized spacial score (nSPS) is 31.3. The molecule has 292 valence electrons. The van der Waals surface area contributed by atoms with Gasteiger partial charge < -0.3 is 25.3 Å². The maximum Gasteiger partial charge on any atom is 0.410 e. The number of nitrogens with one attached hydrogen (secondary N) is 1. The van der Waals surface area contributed by atoms with Crippen LogP contribution in [-0.4, -0.2) is 95.2 Å². The van der Waals surface area contributed by atoms with E-state index in [-0.39, 0.29) is 23.6 Å². The fraction of sp³-hybridized carbons (Fsp3) is 0.585. The molecule has 54 heavy (non-hydrogen) atoms. The molecule has 3 aromatic rings. The Morgan fingerprint density at radius 2 is 1.76 bits per heavy atom. The van der Waals surface area contributed by atoms with E-state index in [0.717, 1.165) is 23.2 Å². The molecule has 12 nitrogen and oxygen atoms in total. The Bertz CT molecular complexity index is 1740. The lowest BCUT2D eigenvalue weighted by atomic mass is 9.62. The highest BCUT2D eigenvalue weighted by molar-refractivity contribution is 6.15. The fourth-order valence-electron chi connectivity index (χ4n) is 8.50. The van der Waals surface area contributed by atoms with Crippen molar-refractivity contribution < 1.29 is 28.6 Å². The maximum absolute atomic E-state index is 14.0. The monoisotopic (exact) mass is 742 g/mol. The van der Waals surface area contributed by atoms with Gasteiger partial charge in [0.25, 0.3) is 0 Å². The summed E-state index contributed by atoms with van der Waals surface area (Å²) in [6.07, 6.45) is 3.76. The molecule has 2 fully saturated rings. The Hall–Kier alpha value is -4.23. The van der Waals surface area contributed by atoms with E-state index in [1.807, 2.05) is 89.1 Å². The van der Waals surface area contributed by atoms with Crippen molar-refractivity contribution in [2.45, 2.75) is 115 Å². The van der Waals surface area contributed by atoms with Gasteiger partial charge in [0.05, 0.1) is 17.8 Å². The number of aromatic nitrogens is 3. The number of nitrogens with two attached hydrogens (primary N) is 1. The number of nitrogens with zero attached hydrogens (tertiary/aromatic N) is 4. The molecule has 0 radical (unpaired) electrons. The molecule has 1 amide bonds. The molecule has 2 aromatic carbocycles. The van der Waals surface area contributed by atoms with Crippen LogP contribution in [0.3, 0.4) is 0 Å². The number of amides is 1. The zero-order chi connectivity index (χ0) is 39.2. The van der Waals surface area contributed by atoms with E-state index in [4.69, 9.17) is 19.9 Å². The third-order valence-corrected chi connectivity index (χ3v) is 12.1. The van der Waals surface area contributed by atoms with Crippen molar-refractivity contribution in [1.29, 1.82) is 0 Å². The third kappa shape index (κ3) is 9.00. The average molecular weight is 743 g/mol. The fourth-order valence-corrected chi connectivity index (χ4v) is 8.50. The summed E-state index contributed by atoms with van der Waals surface area (Å²) in [7, 11) is 3.72. The number of fused-ring (bicyclic) bond motifs is 1. The Morgan fingerprint density at radius 1 is 1.04 bits per heavy atom. The minimum atomic E-state index is -1.21. The van der Waals surface area contributed by atoms with Gasteiger partial charge in [-0.15, -0.1) is 5.10 Å². The molecule has 0 bridgehead atoms. The number of carbonyl (C=O) groups excluding carboxylic acids is 3. The number of benzene rings is 2. The molecular weight excluding hydrogens is 683 g/mol. The van der Waals surface area contributed by atoms with Gasteiger partial charge in [-0.25, -0.2) is 4.79 Å². The molecule has 13 heteroatoms. The molecule has 2 aliphatic rings.